The van der Waals surface area contributed by atoms with E-state index >= 15 is 0 Å². The molecule has 0 fully saturated rings. The number of nitrogens with zero attached hydrogens (tertiary/aromatic N) is 3. The smallest absolute Gasteiger partial charge is 0.242 e. The fraction of sp³-hybridized carbons (Fsp3) is 0.692. The van der Waals surface area contributed by atoms with E-state index in [2.05, 4.69) is 28.7 Å². The molecule has 0 radical (unpaired) electrons. The van der Waals surface area contributed by atoms with Crippen molar-refractivity contribution in [1.29, 1.82) is 0 Å². The number of unbranched alkanes of at least 4 members (excludes halogenated alkanes) is 1. The van der Waals surface area contributed by atoms with Gasteiger partial charge in [-0.15, -0.1) is 0 Å². The van der Waals surface area contributed by atoms with Crippen LogP contribution in [0.2, 0.25) is 0 Å². The number of ether oxygens (including phenoxy) is 1. The normalized spacial score (nSPS) is 10.7. The summed E-state index contributed by atoms with van der Waals surface area (Å²) in [7, 11) is 0. The second-order valence-electron chi connectivity index (χ2n) is 4.52. The van der Waals surface area contributed by atoms with Crippen LogP contribution in [0.5, 0.6) is 5.88 Å². The van der Waals surface area contributed by atoms with Gasteiger partial charge in [-0.05, 0) is 27.2 Å². The van der Waals surface area contributed by atoms with E-state index in [0.717, 1.165) is 31.7 Å². The third-order valence-electron chi connectivity index (χ3n) is 2.64. The summed E-state index contributed by atoms with van der Waals surface area (Å²) in [5.41, 5.74) is 6.62. The molecule has 1 aromatic rings. The van der Waals surface area contributed by atoms with Gasteiger partial charge in [0, 0.05) is 13.1 Å². The lowest BCUT2D eigenvalue weighted by molar-refractivity contribution is 0.234. The zero-order valence-electron chi connectivity index (χ0n) is 11.8. The minimum absolute atomic E-state index is 0.0563. The Hall–Kier alpha value is -1.52. The molecule has 0 spiro atoms. The van der Waals surface area contributed by atoms with Crippen LogP contribution in [-0.2, 0) is 0 Å². The number of hydrogen-bond donors (Lipinski definition) is 1. The number of hydrogen-bond acceptors (Lipinski definition) is 5. The predicted octanol–water partition coefficient (Wildman–Crippen LogP) is 2.47. The van der Waals surface area contributed by atoms with Crippen molar-refractivity contribution in [2.24, 2.45) is 0 Å². The highest BCUT2D eigenvalue weighted by Crippen LogP contribution is 2.28. The van der Waals surface area contributed by atoms with Gasteiger partial charge in [0.1, 0.15) is 12.0 Å². The molecule has 0 amide bonds. The van der Waals surface area contributed by atoms with E-state index in [4.69, 9.17) is 10.5 Å². The van der Waals surface area contributed by atoms with Gasteiger partial charge in [-0.25, -0.2) is 4.98 Å². The molecule has 1 heterocycles. The van der Waals surface area contributed by atoms with Crippen LogP contribution in [0.1, 0.15) is 40.5 Å². The van der Waals surface area contributed by atoms with Gasteiger partial charge in [0.15, 0.2) is 5.82 Å². The Morgan fingerprint density at radius 1 is 1.33 bits per heavy atom. The van der Waals surface area contributed by atoms with Crippen molar-refractivity contribution in [1.82, 2.24) is 9.97 Å². The van der Waals surface area contributed by atoms with E-state index in [9.17, 15) is 0 Å². The Bertz CT molecular complexity index is 368. The molecule has 0 aromatic carbocycles. The van der Waals surface area contributed by atoms with E-state index < -0.39 is 0 Å². The minimum atomic E-state index is 0.0563. The van der Waals surface area contributed by atoms with Crippen molar-refractivity contribution < 1.29 is 4.74 Å². The lowest BCUT2D eigenvalue weighted by Crippen LogP contribution is -2.26. The summed E-state index contributed by atoms with van der Waals surface area (Å²) < 4.78 is 5.58. The molecule has 2 N–H and O–H groups in total. The monoisotopic (exact) mass is 252 g/mol. The summed E-state index contributed by atoms with van der Waals surface area (Å²) in [5, 5.41) is 0. The molecule has 1 aromatic heterocycles. The molecule has 102 valence electrons. The second-order valence-corrected chi connectivity index (χ2v) is 4.52. The Kier molecular flexibility index (Phi) is 5.68. The van der Waals surface area contributed by atoms with Gasteiger partial charge >= 0.3 is 0 Å². The maximum absolute atomic E-state index is 6.09. The Balaban J connectivity index is 2.93. The standard InChI is InChI=1S/C13H24N4O/c1-5-7-8-17(6-2)12-11(14)13(16-9-15-12)18-10(3)4/h9-10H,5-8,14H2,1-4H3. The Labute approximate surface area is 109 Å². The van der Waals surface area contributed by atoms with Crippen LogP contribution >= 0.6 is 0 Å². The molecular formula is C13H24N4O. The third-order valence-corrected chi connectivity index (χ3v) is 2.64. The first kappa shape index (κ1) is 14.5. The average molecular weight is 252 g/mol. The van der Waals surface area contributed by atoms with Crippen molar-refractivity contribution in [3.8, 4) is 5.88 Å². The van der Waals surface area contributed by atoms with Crippen molar-refractivity contribution in [3.63, 3.8) is 0 Å². The molecule has 0 saturated heterocycles. The highest BCUT2D eigenvalue weighted by molar-refractivity contribution is 5.67. The van der Waals surface area contributed by atoms with Gasteiger partial charge in [-0.2, -0.15) is 4.98 Å². The van der Waals surface area contributed by atoms with Crippen molar-refractivity contribution in [3.05, 3.63) is 6.33 Å². The lowest BCUT2D eigenvalue weighted by atomic mass is 10.3. The van der Waals surface area contributed by atoms with Crippen LogP contribution in [0, 0.1) is 0 Å². The van der Waals surface area contributed by atoms with E-state index in [1.165, 1.54) is 6.33 Å². The van der Waals surface area contributed by atoms with Gasteiger partial charge in [-0.1, -0.05) is 13.3 Å². The van der Waals surface area contributed by atoms with Crippen LogP contribution in [0.25, 0.3) is 0 Å². The zero-order chi connectivity index (χ0) is 13.5. The maximum atomic E-state index is 6.09. The quantitative estimate of drug-likeness (QED) is 0.807. The number of nitrogen functional groups attached to an aromatic ring is 1. The molecule has 0 aliphatic carbocycles. The fourth-order valence-corrected chi connectivity index (χ4v) is 1.70. The number of nitrogens with two attached hydrogens (primary N) is 1. The van der Waals surface area contributed by atoms with Crippen LogP contribution in [0.15, 0.2) is 6.33 Å². The first-order valence-corrected chi connectivity index (χ1v) is 6.62. The molecule has 0 bridgehead atoms. The lowest BCUT2D eigenvalue weighted by Gasteiger charge is -2.23. The zero-order valence-corrected chi connectivity index (χ0v) is 11.8. The molecule has 5 heteroatoms. The minimum Gasteiger partial charge on any atom is -0.473 e. The first-order chi connectivity index (χ1) is 8.60. The highest BCUT2D eigenvalue weighted by Gasteiger charge is 2.15. The van der Waals surface area contributed by atoms with E-state index in [1.807, 2.05) is 13.8 Å². The summed E-state index contributed by atoms with van der Waals surface area (Å²) in [6.45, 7) is 10.0. The number of anilines is 2. The largest absolute Gasteiger partial charge is 0.473 e. The third kappa shape index (κ3) is 3.75. The van der Waals surface area contributed by atoms with Gasteiger partial charge in [0.25, 0.3) is 0 Å². The van der Waals surface area contributed by atoms with Gasteiger partial charge in [0.2, 0.25) is 5.88 Å². The summed E-state index contributed by atoms with van der Waals surface area (Å²) in [6, 6.07) is 0. The van der Waals surface area contributed by atoms with Crippen LogP contribution in [0.4, 0.5) is 11.5 Å². The molecule has 0 saturated carbocycles. The first-order valence-electron chi connectivity index (χ1n) is 6.62. The van der Waals surface area contributed by atoms with Crippen LogP contribution < -0.4 is 15.4 Å². The number of rotatable bonds is 7. The number of aromatic nitrogens is 2. The van der Waals surface area contributed by atoms with E-state index in [0.29, 0.717) is 11.6 Å². The summed E-state index contributed by atoms with van der Waals surface area (Å²) in [5.74, 6) is 1.25. The molecule has 18 heavy (non-hydrogen) atoms. The summed E-state index contributed by atoms with van der Waals surface area (Å²) in [6.07, 6.45) is 3.84. The van der Waals surface area contributed by atoms with Crippen LogP contribution in [-0.4, -0.2) is 29.2 Å². The SMILES string of the molecule is CCCCN(CC)c1ncnc(OC(C)C)c1N. The van der Waals surface area contributed by atoms with Crippen LogP contribution in [0.3, 0.4) is 0 Å². The Morgan fingerprint density at radius 2 is 2.06 bits per heavy atom. The maximum Gasteiger partial charge on any atom is 0.242 e. The molecule has 0 aliphatic rings. The van der Waals surface area contributed by atoms with Crippen molar-refractivity contribution >= 4 is 11.5 Å². The highest BCUT2D eigenvalue weighted by atomic mass is 16.5. The molecule has 0 atom stereocenters. The fourth-order valence-electron chi connectivity index (χ4n) is 1.70. The molecule has 0 unspecified atom stereocenters. The van der Waals surface area contributed by atoms with Crippen molar-refractivity contribution in [2.75, 3.05) is 23.7 Å². The van der Waals surface area contributed by atoms with Gasteiger partial charge in [-0.3, -0.25) is 0 Å². The van der Waals surface area contributed by atoms with Gasteiger partial charge in [0.05, 0.1) is 6.10 Å². The molecule has 5 nitrogen and oxygen atoms in total. The predicted molar refractivity (Wildman–Crippen MR) is 75.0 cm³/mol. The topological polar surface area (TPSA) is 64.3 Å². The second kappa shape index (κ2) is 7.03. The van der Waals surface area contributed by atoms with Crippen molar-refractivity contribution in [2.45, 2.75) is 46.6 Å². The van der Waals surface area contributed by atoms with Gasteiger partial charge < -0.3 is 15.4 Å². The molecule has 0 aliphatic heterocycles. The van der Waals surface area contributed by atoms with E-state index in [-0.39, 0.29) is 6.10 Å². The molecular weight excluding hydrogens is 228 g/mol. The summed E-state index contributed by atoms with van der Waals surface area (Å²) in [4.78, 5) is 10.5. The Morgan fingerprint density at radius 3 is 2.61 bits per heavy atom. The molecule has 1 rings (SSSR count). The summed E-state index contributed by atoms with van der Waals surface area (Å²) >= 11 is 0. The average Bonchev–Trinajstić information content (AvgIpc) is 2.33. The van der Waals surface area contributed by atoms with E-state index in [1.54, 1.807) is 0 Å².